The third-order valence-corrected chi connectivity index (χ3v) is 1.70. The van der Waals surface area contributed by atoms with Gasteiger partial charge in [-0.2, -0.15) is 0 Å². The molecule has 1 heterocycles. The third-order valence-electron chi connectivity index (χ3n) is 1.70. The van der Waals surface area contributed by atoms with E-state index in [0.29, 0.717) is 0 Å². The minimum Gasteiger partial charge on any atom is -0.395 e. The molecule has 1 rings (SSSR count). The molecule has 0 spiro atoms. The van der Waals surface area contributed by atoms with Gasteiger partial charge in [-0.3, -0.25) is 14.9 Å². The van der Waals surface area contributed by atoms with Gasteiger partial charge in [0.2, 0.25) is 0 Å². The first kappa shape index (κ1) is 12.1. The van der Waals surface area contributed by atoms with Crippen LogP contribution in [-0.4, -0.2) is 40.3 Å². The summed E-state index contributed by atoms with van der Waals surface area (Å²) in [5.41, 5.74) is 0. The quantitative estimate of drug-likeness (QED) is 0.452. The van der Waals surface area contributed by atoms with Gasteiger partial charge in [0.1, 0.15) is 4.92 Å². The number of furan rings is 1. The van der Waals surface area contributed by atoms with Gasteiger partial charge in [-0.15, -0.1) is 0 Å². The summed E-state index contributed by atoms with van der Waals surface area (Å²) in [5, 5.41) is 29.9. The van der Waals surface area contributed by atoms with Gasteiger partial charge in [-0.25, -0.2) is 0 Å². The van der Waals surface area contributed by atoms with E-state index in [0.717, 1.165) is 12.1 Å². The monoisotopic (exact) mass is 230 g/mol. The van der Waals surface area contributed by atoms with Crippen LogP contribution < -0.4 is 5.32 Å². The molecule has 0 bridgehead atoms. The second-order valence-electron chi connectivity index (χ2n) is 2.94. The van der Waals surface area contributed by atoms with Crippen LogP contribution in [0.3, 0.4) is 0 Å². The van der Waals surface area contributed by atoms with Gasteiger partial charge < -0.3 is 19.9 Å². The summed E-state index contributed by atoms with van der Waals surface area (Å²) < 4.78 is 4.62. The van der Waals surface area contributed by atoms with Crippen molar-refractivity contribution in [3.63, 3.8) is 0 Å². The lowest BCUT2D eigenvalue weighted by molar-refractivity contribution is -0.402. The summed E-state index contributed by atoms with van der Waals surface area (Å²) in [6.07, 6.45) is -1.08. The number of nitro groups is 1. The SMILES string of the molecule is O=C(NCC(O)CO)c1ccc([N+](=O)[O-])o1. The first-order chi connectivity index (χ1) is 7.54. The Bertz CT molecular complexity index is 388. The number of nitrogens with one attached hydrogen (secondary N) is 1. The zero-order valence-electron chi connectivity index (χ0n) is 8.12. The Balaban J connectivity index is 2.56. The van der Waals surface area contributed by atoms with E-state index in [1.54, 1.807) is 0 Å². The Morgan fingerprint density at radius 3 is 2.81 bits per heavy atom. The van der Waals surface area contributed by atoms with Crippen LogP contribution in [0.2, 0.25) is 0 Å². The average molecular weight is 230 g/mol. The fraction of sp³-hybridized carbons (Fsp3) is 0.375. The molecule has 1 atom stereocenters. The highest BCUT2D eigenvalue weighted by Crippen LogP contribution is 2.15. The van der Waals surface area contributed by atoms with Crippen molar-refractivity contribution in [2.75, 3.05) is 13.2 Å². The molecule has 0 aliphatic heterocycles. The Labute approximate surface area is 89.6 Å². The molecule has 0 aliphatic carbocycles. The smallest absolute Gasteiger partial charge is 0.395 e. The molecule has 0 fully saturated rings. The molecule has 0 radical (unpaired) electrons. The van der Waals surface area contributed by atoms with E-state index in [4.69, 9.17) is 10.2 Å². The van der Waals surface area contributed by atoms with Gasteiger partial charge >= 0.3 is 5.88 Å². The number of aliphatic hydroxyl groups excluding tert-OH is 2. The number of hydrogen-bond acceptors (Lipinski definition) is 6. The van der Waals surface area contributed by atoms with Crippen molar-refractivity contribution >= 4 is 11.8 Å². The lowest BCUT2D eigenvalue weighted by atomic mass is 10.3. The largest absolute Gasteiger partial charge is 0.433 e. The zero-order chi connectivity index (χ0) is 12.1. The highest BCUT2D eigenvalue weighted by atomic mass is 16.6. The van der Waals surface area contributed by atoms with Crippen molar-refractivity contribution in [3.05, 3.63) is 28.0 Å². The topological polar surface area (TPSA) is 126 Å². The Hall–Kier alpha value is -1.93. The highest BCUT2D eigenvalue weighted by molar-refractivity contribution is 5.91. The average Bonchev–Trinajstić information content (AvgIpc) is 2.74. The van der Waals surface area contributed by atoms with Crippen LogP contribution in [0.1, 0.15) is 10.6 Å². The fourth-order valence-corrected chi connectivity index (χ4v) is 0.910. The first-order valence-electron chi connectivity index (χ1n) is 4.36. The molecule has 0 aromatic carbocycles. The van der Waals surface area contributed by atoms with Crippen LogP contribution in [0.5, 0.6) is 0 Å². The number of nitrogens with zero attached hydrogens (tertiary/aromatic N) is 1. The number of amides is 1. The maximum absolute atomic E-state index is 11.3. The summed E-state index contributed by atoms with van der Waals surface area (Å²) in [4.78, 5) is 20.8. The molecular formula is C8H10N2O6. The Morgan fingerprint density at radius 2 is 2.31 bits per heavy atom. The number of carbonyl (C=O) groups excluding carboxylic acids is 1. The molecule has 1 aromatic heterocycles. The van der Waals surface area contributed by atoms with Crippen LogP contribution in [-0.2, 0) is 0 Å². The van der Waals surface area contributed by atoms with Gasteiger partial charge in [0.05, 0.1) is 18.8 Å². The standard InChI is InChI=1S/C8H10N2O6/c11-4-5(12)3-9-8(13)6-1-2-7(16-6)10(14)15/h1-2,5,11-12H,3-4H2,(H,9,13). The summed E-state index contributed by atoms with van der Waals surface area (Å²) in [7, 11) is 0. The summed E-state index contributed by atoms with van der Waals surface area (Å²) in [6.45, 7) is -0.650. The third kappa shape index (κ3) is 3.04. The van der Waals surface area contributed by atoms with Crippen LogP contribution >= 0.6 is 0 Å². The van der Waals surface area contributed by atoms with Crippen LogP contribution in [0.25, 0.3) is 0 Å². The number of rotatable bonds is 5. The van der Waals surface area contributed by atoms with E-state index in [9.17, 15) is 14.9 Å². The Morgan fingerprint density at radius 1 is 1.62 bits per heavy atom. The van der Waals surface area contributed by atoms with Crippen LogP contribution in [0.15, 0.2) is 16.5 Å². The van der Waals surface area contributed by atoms with Crippen molar-refractivity contribution in [3.8, 4) is 0 Å². The van der Waals surface area contributed by atoms with E-state index in [-0.39, 0.29) is 12.3 Å². The van der Waals surface area contributed by atoms with E-state index >= 15 is 0 Å². The molecule has 1 unspecified atom stereocenters. The van der Waals surface area contributed by atoms with Crippen molar-refractivity contribution < 1.29 is 24.3 Å². The second-order valence-corrected chi connectivity index (χ2v) is 2.94. The predicted octanol–water partition coefficient (Wildman–Crippen LogP) is -0.729. The summed E-state index contributed by atoms with van der Waals surface area (Å²) in [5.74, 6) is -1.45. The normalized spacial score (nSPS) is 12.1. The lowest BCUT2D eigenvalue weighted by Crippen LogP contribution is -2.33. The van der Waals surface area contributed by atoms with Gasteiger partial charge in [-0.1, -0.05) is 0 Å². The van der Waals surface area contributed by atoms with Crippen LogP contribution in [0, 0.1) is 10.1 Å². The van der Waals surface area contributed by atoms with E-state index in [2.05, 4.69) is 9.73 Å². The molecule has 0 saturated heterocycles. The second kappa shape index (κ2) is 5.24. The van der Waals surface area contributed by atoms with Gasteiger partial charge in [-0.05, 0) is 6.07 Å². The number of hydrogen-bond donors (Lipinski definition) is 3. The predicted molar refractivity (Wildman–Crippen MR) is 50.8 cm³/mol. The van der Waals surface area contributed by atoms with Crippen molar-refractivity contribution in [1.29, 1.82) is 0 Å². The molecule has 8 heteroatoms. The molecule has 0 saturated carbocycles. The summed E-state index contributed by atoms with van der Waals surface area (Å²) >= 11 is 0. The highest BCUT2D eigenvalue weighted by Gasteiger charge is 2.17. The van der Waals surface area contributed by atoms with Crippen molar-refractivity contribution in [2.45, 2.75) is 6.10 Å². The van der Waals surface area contributed by atoms with Gasteiger partial charge in [0.15, 0.2) is 5.76 Å². The number of carbonyl (C=O) groups is 1. The molecule has 3 N–H and O–H groups in total. The van der Waals surface area contributed by atoms with Crippen molar-refractivity contribution in [2.24, 2.45) is 0 Å². The maximum Gasteiger partial charge on any atom is 0.433 e. The van der Waals surface area contributed by atoms with Crippen molar-refractivity contribution in [1.82, 2.24) is 5.32 Å². The van der Waals surface area contributed by atoms with E-state index in [1.165, 1.54) is 0 Å². The molecule has 1 amide bonds. The zero-order valence-corrected chi connectivity index (χ0v) is 8.12. The molecule has 8 nitrogen and oxygen atoms in total. The van der Waals surface area contributed by atoms with E-state index in [1.807, 2.05) is 0 Å². The fourth-order valence-electron chi connectivity index (χ4n) is 0.910. The molecule has 88 valence electrons. The Kier molecular flexibility index (Phi) is 3.97. The minimum absolute atomic E-state index is 0.163. The summed E-state index contributed by atoms with van der Waals surface area (Å²) in [6, 6.07) is 2.20. The molecule has 1 aromatic rings. The molecular weight excluding hydrogens is 220 g/mol. The van der Waals surface area contributed by atoms with Gasteiger partial charge in [0.25, 0.3) is 5.91 Å². The minimum atomic E-state index is -1.08. The molecule has 16 heavy (non-hydrogen) atoms. The maximum atomic E-state index is 11.3. The number of aliphatic hydroxyl groups is 2. The van der Waals surface area contributed by atoms with E-state index < -0.39 is 29.4 Å². The lowest BCUT2D eigenvalue weighted by Gasteiger charge is -2.06. The molecule has 0 aliphatic rings. The van der Waals surface area contributed by atoms with Crippen LogP contribution in [0.4, 0.5) is 5.88 Å². The van der Waals surface area contributed by atoms with Gasteiger partial charge in [0, 0.05) is 6.54 Å². The first-order valence-corrected chi connectivity index (χ1v) is 4.36.